The number of ether oxygens (including phenoxy) is 1. The highest BCUT2D eigenvalue weighted by atomic mass is 35.5. The van der Waals surface area contributed by atoms with Crippen molar-refractivity contribution in [2.75, 3.05) is 13.2 Å². The van der Waals surface area contributed by atoms with Gasteiger partial charge in [-0.05, 0) is 12.5 Å². The number of aromatic nitrogens is 2. The lowest BCUT2D eigenvalue weighted by Crippen LogP contribution is -2.36. The van der Waals surface area contributed by atoms with Crippen molar-refractivity contribution in [2.45, 2.75) is 24.6 Å². The van der Waals surface area contributed by atoms with E-state index in [2.05, 4.69) is 15.0 Å². The number of aromatic amines is 1. The zero-order valence-electron chi connectivity index (χ0n) is 11.1. The summed E-state index contributed by atoms with van der Waals surface area (Å²) in [4.78, 5) is 28.1. The quantitative estimate of drug-likeness (QED) is 0.357. The highest BCUT2D eigenvalue weighted by molar-refractivity contribution is 6.21. The molecule has 0 aliphatic carbocycles. The second-order valence-corrected chi connectivity index (χ2v) is 5.25. The summed E-state index contributed by atoms with van der Waals surface area (Å²) >= 11 is 6.28. The van der Waals surface area contributed by atoms with Crippen LogP contribution in [-0.4, -0.2) is 39.3 Å². The summed E-state index contributed by atoms with van der Waals surface area (Å²) in [6, 6.07) is 0. The minimum absolute atomic E-state index is 0.0451. The molecule has 1 saturated heterocycles. The highest BCUT2D eigenvalue weighted by Crippen LogP contribution is 2.37. The van der Waals surface area contributed by atoms with Crippen LogP contribution in [0.2, 0.25) is 0 Å². The molecule has 2 rings (SSSR count). The Kier molecular flexibility index (Phi) is 4.69. The Labute approximate surface area is 123 Å². The first-order valence-electron chi connectivity index (χ1n) is 6.23. The van der Waals surface area contributed by atoms with Gasteiger partial charge in [0.05, 0.1) is 18.1 Å². The zero-order valence-corrected chi connectivity index (χ0v) is 11.9. The van der Waals surface area contributed by atoms with Crippen LogP contribution in [0.5, 0.6) is 0 Å². The van der Waals surface area contributed by atoms with E-state index in [1.54, 1.807) is 6.92 Å². The average molecular weight is 316 g/mol. The van der Waals surface area contributed by atoms with Gasteiger partial charge >= 0.3 is 5.69 Å². The molecule has 1 unspecified atom stereocenters. The number of alkyl halides is 1. The number of halogens is 1. The molecule has 0 spiro atoms. The Morgan fingerprint density at radius 1 is 1.62 bits per heavy atom. The van der Waals surface area contributed by atoms with Crippen molar-refractivity contribution in [1.29, 1.82) is 0 Å². The van der Waals surface area contributed by atoms with Crippen LogP contribution >= 0.6 is 11.6 Å². The molecule has 1 aromatic heterocycles. The average Bonchev–Trinajstić information content (AvgIpc) is 2.77. The molecule has 1 fully saturated rings. The van der Waals surface area contributed by atoms with Gasteiger partial charge in [-0.15, -0.1) is 11.6 Å². The predicted octanol–water partition coefficient (Wildman–Crippen LogP) is 0.269. The molecular formula is C11H14ClN5O4. The van der Waals surface area contributed by atoms with Gasteiger partial charge in [0, 0.05) is 29.1 Å². The number of hydrogen-bond donors (Lipinski definition) is 2. The number of aryl methyl sites for hydroxylation is 1. The van der Waals surface area contributed by atoms with Gasteiger partial charge in [-0.3, -0.25) is 14.3 Å². The molecule has 1 aromatic rings. The Bertz CT molecular complexity index is 680. The molecule has 10 heteroatoms. The van der Waals surface area contributed by atoms with Gasteiger partial charge in [0.2, 0.25) is 0 Å². The summed E-state index contributed by atoms with van der Waals surface area (Å²) in [5, 5.41) is 12.1. The third-order valence-electron chi connectivity index (χ3n) is 3.43. The molecular weight excluding hydrogens is 302 g/mol. The predicted molar refractivity (Wildman–Crippen MR) is 74.2 cm³/mol. The summed E-state index contributed by atoms with van der Waals surface area (Å²) in [5.41, 5.74) is 7.58. The van der Waals surface area contributed by atoms with E-state index in [1.165, 1.54) is 10.8 Å². The summed E-state index contributed by atoms with van der Waals surface area (Å²) in [7, 11) is 0. The van der Waals surface area contributed by atoms with Crippen molar-refractivity contribution in [3.05, 3.63) is 43.0 Å². The third kappa shape index (κ3) is 2.96. The number of H-pyrrole nitrogens is 1. The first kappa shape index (κ1) is 15.6. The fraction of sp³-hybridized carbons (Fsp3) is 0.636. The maximum absolute atomic E-state index is 11.9. The molecule has 114 valence electrons. The lowest BCUT2D eigenvalue weighted by Gasteiger charge is -2.17. The van der Waals surface area contributed by atoms with Gasteiger partial charge in [0.15, 0.2) is 6.23 Å². The second-order valence-electron chi connectivity index (χ2n) is 4.75. The fourth-order valence-electron chi connectivity index (χ4n) is 2.29. The van der Waals surface area contributed by atoms with Crippen molar-refractivity contribution >= 4 is 11.6 Å². The van der Waals surface area contributed by atoms with Gasteiger partial charge in [-0.2, -0.15) is 0 Å². The van der Waals surface area contributed by atoms with Crippen LogP contribution in [0.15, 0.2) is 20.9 Å². The topological polar surface area (TPSA) is 133 Å². The van der Waals surface area contributed by atoms with Crippen LogP contribution < -0.4 is 11.2 Å². The Morgan fingerprint density at radius 3 is 2.95 bits per heavy atom. The van der Waals surface area contributed by atoms with Crippen LogP contribution in [0.3, 0.4) is 0 Å². The standard InChI is InChI=1S/C11H14ClN5O4/c1-5-3-17(11(20)15-9(5)19)10-8(12)6(2-14-16-13)7(4-18)21-10/h3,6-8,10,18H,2,4H2,1H3,(H,15,19,20)/t6?,7-,8-,10-/m1/s1. The first-order valence-corrected chi connectivity index (χ1v) is 6.66. The van der Waals surface area contributed by atoms with Crippen LogP contribution in [0, 0.1) is 12.8 Å². The maximum atomic E-state index is 11.9. The van der Waals surface area contributed by atoms with E-state index in [0.717, 1.165) is 0 Å². The number of hydrogen-bond acceptors (Lipinski definition) is 5. The van der Waals surface area contributed by atoms with Crippen molar-refractivity contribution < 1.29 is 9.84 Å². The Morgan fingerprint density at radius 2 is 2.33 bits per heavy atom. The number of aliphatic hydroxyl groups excluding tert-OH is 1. The SMILES string of the molecule is Cc1cn([C@@H]2O[C@H](CO)C(CN=[N+]=[N-])[C@H]2Cl)c(=O)[nH]c1=O. The molecule has 21 heavy (non-hydrogen) atoms. The number of aliphatic hydroxyl groups is 1. The molecule has 0 radical (unpaired) electrons. The number of nitrogens with one attached hydrogen (secondary N) is 1. The van der Waals surface area contributed by atoms with Crippen molar-refractivity contribution in [1.82, 2.24) is 9.55 Å². The molecule has 1 aliphatic heterocycles. The lowest BCUT2D eigenvalue weighted by molar-refractivity contribution is -0.0315. The fourth-order valence-corrected chi connectivity index (χ4v) is 2.72. The van der Waals surface area contributed by atoms with E-state index in [0.29, 0.717) is 5.56 Å². The van der Waals surface area contributed by atoms with Gasteiger partial charge in [0.1, 0.15) is 0 Å². The van der Waals surface area contributed by atoms with Gasteiger partial charge in [0.25, 0.3) is 5.56 Å². The van der Waals surface area contributed by atoms with E-state index >= 15 is 0 Å². The van der Waals surface area contributed by atoms with E-state index in [9.17, 15) is 14.7 Å². The minimum Gasteiger partial charge on any atom is -0.394 e. The largest absolute Gasteiger partial charge is 0.394 e. The van der Waals surface area contributed by atoms with E-state index in [-0.39, 0.29) is 13.2 Å². The summed E-state index contributed by atoms with van der Waals surface area (Å²) in [5.74, 6) is -0.434. The number of rotatable bonds is 4. The summed E-state index contributed by atoms with van der Waals surface area (Å²) in [6.45, 7) is 1.28. The summed E-state index contributed by atoms with van der Waals surface area (Å²) < 4.78 is 6.74. The van der Waals surface area contributed by atoms with Crippen molar-refractivity contribution in [3.8, 4) is 0 Å². The van der Waals surface area contributed by atoms with E-state index in [4.69, 9.17) is 21.9 Å². The van der Waals surface area contributed by atoms with Gasteiger partial charge < -0.3 is 9.84 Å². The molecule has 0 saturated carbocycles. The normalized spacial score (nSPS) is 28.3. The number of nitrogens with zero attached hydrogens (tertiary/aromatic N) is 4. The van der Waals surface area contributed by atoms with Crippen LogP contribution in [-0.2, 0) is 4.74 Å². The molecule has 0 aromatic carbocycles. The van der Waals surface area contributed by atoms with Crippen LogP contribution in [0.25, 0.3) is 10.4 Å². The first-order chi connectivity index (χ1) is 9.99. The Hall–Kier alpha value is -1.80. The van der Waals surface area contributed by atoms with Gasteiger partial charge in [-0.25, -0.2) is 4.79 Å². The molecule has 0 bridgehead atoms. The molecule has 1 aliphatic rings. The van der Waals surface area contributed by atoms with Gasteiger partial charge in [-0.1, -0.05) is 5.11 Å². The molecule has 2 heterocycles. The van der Waals surface area contributed by atoms with E-state index < -0.39 is 34.9 Å². The molecule has 2 N–H and O–H groups in total. The Balaban J connectivity index is 2.37. The van der Waals surface area contributed by atoms with E-state index in [1.807, 2.05) is 0 Å². The molecule has 4 atom stereocenters. The number of azide groups is 1. The van der Waals surface area contributed by atoms with Crippen molar-refractivity contribution in [3.63, 3.8) is 0 Å². The van der Waals surface area contributed by atoms with Crippen LogP contribution in [0.4, 0.5) is 0 Å². The summed E-state index contributed by atoms with van der Waals surface area (Å²) in [6.07, 6.45) is -0.154. The molecule has 9 nitrogen and oxygen atoms in total. The van der Waals surface area contributed by atoms with Crippen molar-refractivity contribution in [2.24, 2.45) is 11.0 Å². The maximum Gasteiger partial charge on any atom is 0.330 e. The minimum atomic E-state index is -0.856. The smallest absolute Gasteiger partial charge is 0.330 e. The molecule has 0 amide bonds. The zero-order chi connectivity index (χ0) is 15.6. The van der Waals surface area contributed by atoms with Crippen LogP contribution in [0.1, 0.15) is 11.8 Å². The highest BCUT2D eigenvalue weighted by Gasteiger charge is 2.44. The lowest BCUT2D eigenvalue weighted by atomic mass is 10.0. The monoisotopic (exact) mass is 315 g/mol. The third-order valence-corrected chi connectivity index (χ3v) is 3.97. The second kappa shape index (κ2) is 6.31.